The molecule has 1 aromatic heterocycles. The fourth-order valence-corrected chi connectivity index (χ4v) is 2.61. The monoisotopic (exact) mass is 397 g/mol. The Bertz CT molecular complexity index is 896. The molecule has 1 aliphatic heterocycles. The summed E-state index contributed by atoms with van der Waals surface area (Å²) < 4.78 is 51.2. The van der Waals surface area contributed by atoms with Crippen LogP contribution in [0, 0.1) is 0 Å². The van der Waals surface area contributed by atoms with E-state index in [1.807, 2.05) is 0 Å². The minimum atomic E-state index is -5.29. The summed E-state index contributed by atoms with van der Waals surface area (Å²) in [6, 6.07) is 6.72. The molecular weight excluding hydrogens is 383 g/mol. The minimum Gasteiger partial charge on any atom is -0.497 e. The molecule has 11 heteroatoms. The molecule has 3 rings (SSSR count). The number of nitrogens with zero attached hydrogens (tertiary/aromatic N) is 1. The Morgan fingerprint density at radius 2 is 1.93 bits per heavy atom. The Hall–Kier alpha value is -3.50. The van der Waals surface area contributed by atoms with Gasteiger partial charge >= 0.3 is 12.2 Å². The lowest BCUT2D eigenvalue weighted by Gasteiger charge is -2.29. The van der Waals surface area contributed by atoms with Gasteiger partial charge in [0.2, 0.25) is 0 Å². The van der Waals surface area contributed by atoms with Gasteiger partial charge < -0.3 is 14.5 Å². The SMILES string of the molecule is COc1ccc(C(=O)NC2(C(F)(F)F)NC(=O)N(Cc3ccco3)C2=O)cc1. The van der Waals surface area contributed by atoms with Crippen molar-refractivity contribution in [2.45, 2.75) is 18.4 Å². The smallest absolute Gasteiger partial charge is 0.440 e. The number of furan rings is 1. The van der Waals surface area contributed by atoms with Gasteiger partial charge in [-0.2, -0.15) is 13.2 Å². The van der Waals surface area contributed by atoms with Crippen molar-refractivity contribution in [2.75, 3.05) is 7.11 Å². The molecule has 1 aromatic carbocycles. The van der Waals surface area contributed by atoms with Crippen molar-refractivity contribution in [2.24, 2.45) is 0 Å². The second kappa shape index (κ2) is 6.91. The van der Waals surface area contributed by atoms with Gasteiger partial charge in [0, 0.05) is 5.56 Å². The van der Waals surface area contributed by atoms with Gasteiger partial charge in [-0.25, -0.2) is 4.79 Å². The van der Waals surface area contributed by atoms with Crippen molar-refractivity contribution in [3.63, 3.8) is 0 Å². The topological polar surface area (TPSA) is 101 Å². The fraction of sp³-hybridized carbons (Fsp3) is 0.235. The van der Waals surface area contributed by atoms with Crippen LogP contribution in [0.15, 0.2) is 47.1 Å². The average molecular weight is 397 g/mol. The van der Waals surface area contributed by atoms with E-state index < -0.39 is 36.2 Å². The predicted molar refractivity (Wildman–Crippen MR) is 87.0 cm³/mol. The van der Waals surface area contributed by atoms with Crippen LogP contribution in [0.4, 0.5) is 18.0 Å². The molecule has 0 bridgehead atoms. The maximum absolute atomic E-state index is 13.8. The van der Waals surface area contributed by atoms with E-state index in [0.29, 0.717) is 10.6 Å². The molecule has 1 unspecified atom stereocenters. The molecule has 2 aromatic rings. The molecule has 1 saturated heterocycles. The van der Waals surface area contributed by atoms with Crippen molar-refractivity contribution >= 4 is 17.8 Å². The van der Waals surface area contributed by atoms with E-state index in [0.717, 1.165) is 0 Å². The quantitative estimate of drug-likeness (QED) is 0.752. The number of ether oxygens (including phenoxy) is 1. The van der Waals surface area contributed by atoms with Crippen LogP contribution in [0.25, 0.3) is 0 Å². The van der Waals surface area contributed by atoms with E-state index >= 15 is 0 Å². The first-order chi connectivity index (χ1) is 13.2. The predicted octanol–water partition coefficient (Wildman–Crippen LogP) is 2.03. The Morgan fingerprint density at radius 1 is 1.25 bits per heavy atom. The summed E-state index contributed by atoms with van der Waals surface area (Å²) in [5, 5.41) is 3.17. The van der Waals surface area contributed by atoms with Crippen molar-refractivity contribution in [3.05, 3.63) is 54.0 Å². The molecule has 0 spiro atoms. The molecule has 4 amide bonds. The summed E-state index contributed by atoms with van der Waals surface area (Å²) in [6.45, 7) is -0.520. The van der Waals surface area contributed by atoms with Gasteiger partial charge in [0.15, 0.2) is 0 Å². The number of nitrogens with one attached hydrogen (secondary N) is 2. The first kappa shape index (κ1) is 19.3. The molecule has 0 saturated carbocycles. The summed E-state index contributed by atoms with van der Waals surface area (Å²) in [7, 11) is 1.38. The van der Waals surface area contributed by atoms with Gasteiger partial charge in [0.05, 0.1) is 19.9 Å². The highest BCUT2D eigenvalue weighted by Gasteiger charge is 2.68. The third-order valence-corrected chi connectivity index (χ3v) is 4.08. The Labute approximate surface area is 156 Å². The van der Waals surface area contributed by atoms with Crippen LogP contribution in [-0.2, 0) is 11.3 Å². The fourth-order valence-electron chi connectivity index (χ4n) is 2.61. The van der Waals surface area contributed by atoms with Gasteiger partial charge in [0.25, 0.3) is 17.5 Å². The second-order valence-electron chi connectivity index (χ2n) is 5.83. The summed E-state index contributed by atoms with van der Waals surface area (Å²) in [5.41, 5.74) is -3.75. The van der Waals surface area contributed by atoms with E-state index in [-0.39, 0.29) is 11.3 Å². The average Bonchev–Trinajstić information content (AvgIpc) is 3.24. The van der Waals surface area contributed by atoms with Crippen molar-refractivity contribution in [3.8, 4) is 5.75 Å². The number of benzene rings is 1. The molecule has 28 heavy (non-hydrogen) atoms. The number of rotatable bonds is 5. The summed E-state index contributed by atoms with van der Waals surface area (Å²) in [4.78, 5) is 37.2. The molecule has 1 aliphatic rings. The summed E-state index contributed by atoms with van der Waals surface area (Å²) in [5.74, 6) is -2.38. The lowest BCUT2D eigenvalue weighted by molar-refractivity contribution is -0.200. The highest BCUT2D eigenvalue weighted by molar-refractivity contribution is 6.10. The first-order valence-electron chi connectivity index (χ1n) is 7.88. The third kappa shape index (κ3) is 3.26. The highest BCUT2D eigenvalue weighted by atomic mass is 19.4. The number of carbonyl (C=O) groups is 3. The van der Waals surface area contributed by atoms with Crippen LogP contribution in [-0.4, -0.2) is 41.7 Å². The number of hydrogen-bond donors (Lipinski definition) is 2. The number of alkyl halides is 3. The van der Waals surface area contributed by atoms with Crippen LogP contribution in [0.1, 0.15) is 16.1 Å². The van der Waals surface area contributed by atoms with E-state index in [1.54, 1.807) is 10.6 Å². The summed E-state index contributed by atoms with van der Waals surface area (Å²) in [6.07, 6.45) is -4.05. The van der Waals surface area contributed by atoms with Crippen molar-refractivity contribution < 1.29 is 36.7 Å². The minimum absolute atomic E-state index is 0.1000. The van der Waals surface area contributed by atoms with E-state index in [4.69, 9.17) is 9.15 Å². The number of carbonyl (C=O) groups excluding carboxylic acids is 3. The van der Waals surface area contributed by atoms with Crippen LogP contribution in [0.3, 0.4) is 0 Å². The Kier molecular flexibility index (Phi) is 4.75. The standard InChI is InChI=1S/C17H14F3N3O5/c1-27-11-6-4-10(5-7-11)13(24)21-16(17(18,19)20)14(25)23(15(26)22-16)9-12-3-2-8-28-12/h2-8H,9H2,1H3,(H,21,24)(H,22,26). The third-order valence-electron chi connectivity index (χ3n) is 4.08. The molecule has 2 N–H and O–H groups in total. The van der Waals surface area contributed by atoms with Crippen LogP contribution < -0.4 is 15.4 Å². The molecule has 8 nitrogen and oxygen atoms in total. The largest absolute Gasteiger partial charge is 0.497 e. The van der Waals surface area contributed by atoms with Gasteiger partial charge in [-0.15, -0.1) is 0 Å². The lowest BCUT2D eigenvalue weighted by atomic mass is 10.1. The molecule has 0 radical (unpaired) electrons. The summed E-state index contributed by atoms with van der Waals surface area (Å²) >= 11 is 0. The number of amides is 4. The Balaban J connectivity index is 1.89. The highest BCUT2D eigenvalue weighted by Crippen LogP contribution is 2.34. The zero-order valence-corrected chi connectivity index (χ0v) is 14.4. The van der Waals surface area contributed by atoms with E-state index in [1.165, 1.54) is 49.8 Å². The number of urea groups is 1. The number of methoxy groups -OCH3 is 1. The molecule has 148 valence electrons. The first-order valence-corrected chi connectivity index (χ1v) is 7.88. The molecular formula is C17H14F3N3O5. The molecule has 0 aliphatic carbocycles. The van der Waals surface area contributed by atoms with Crippen LogP contribution in [0.2, 0.25) is 0 Å². The normalized spacial score (nSPS) is 19.5. The van der Waals surface area contributed by atoms with Gasteiger partial charge in [0.1, 0.15) is 11.5 Å². The lowest BCUT2D eigenvalue weighted by Crippen LogP contribution is -2.69. The van der Waals surface area contributed by atoms with Crippen LogP contribution in [0.5, 0.6) is 5.75 Å². The van der Waals surface area contributed by atoms with Crippen LogP contribution >= 0.6 is 0 Å². The zero-order valence-electron chi connectivity index (χ0n) is 14.4. The number of hydrogen-bond acceptors (Lipinski definition) is 5. The van der Waals surface area contributed by atoms with Gasteiger partial charge in [-0.3, -0.25) is 19.8 Å². The maximum atomic E-state index is 13.8. The van der Waals surface area contributed by atoms with Crippen molar-refractivity contribution in [1.29, 1.82) is 0 Å². The van der Waals surface area contributed by atoms with Gasteiger partial charge in [-0.05, 0) is 36.4 Å². The van der Waals surface area contributed by atoms with Gasteiger partial charge in [-0.1, -0.05) is 0 Å². The molecule has 1 fully saturated rings. The molecule has 1 atom stereocenters. The number of imide groups is 1. The van der Waals surface area contributed by atoms with E-state index in [2.05, 4.69) is 0 Å². The zero-order chi connectivity index (χ0) is 20.5. The molecule has 2 heterocycles. The second-order valence-corrected chi connectivity index (χ2v) is 5.83. The maximum Gasteiger partial charge on any atom is 0.440 e. The van der Waals surface area contributed by atoms with Crippen molar-refractivity contribution in [1.82, 2.24) is 15.5 Å². The van der Waals surface area contributed by atoms with E-state index in [9.17, 15) is 27.6 Å². The number of halogens is 3. The Morgan fingerprint density at radius 3 is 2.46 bits per heavy atom.